The Bertz CT molecular complexity index is 571. The van der Waals surface area contributed by atoms with Crippen LogP contribution in [-0.2, 0) is 9.59 Å². The molecule has 0 unspecified atom stereocenters. The molecule has 5 heteroatoms. The fraction of sp³-hybridized carbons (Fsp3) is 0.529. The van der Waals surface area contributed by atoms with Crippen molar-refractivity contribution in [3.63, 3.8) is 0 Å². The minimum absolute atomic E-state index is 0.0855. The smallest absolute Gasteiger partial charge is 0.320 e. The van der Waals surface area contributed by atoms with Gasteiger partial charge >= 0.3 is 5.97 Å². The van der Waals surface area contributed by atoms with Gasteiger partial charge in [0.15, 0.2) is 0 Å². The number of carboxylic acid groups (broad SMARTS) is 1. The second-order valence-electron chi connectivity index (χ2n) is 6.10. The molecular weight excluding hydrogens is 280 g/mol. The Hall–Kier alpha value is -1.88. The minimum atomic E-state index is -0.840. The van der Waals surface area contributed by atoms with E-state index < -0.39 is 12.0 Å². The number of rotatable bonds is 5. The molecule has 0 aliphatic carbocycles. The molecule has 1 saturated heterocycles. The van der Waals surface area contributed by atoms with Crippen molar-refractivity contribution in [1.82, 2.24) is 10.2 Å². The number of aliphatic carboxylic acids is 1. The van der Waals surface area contributed by atoms with Crippen molar-refractivity contribution in [2.45, 2.75) is 45.7 Å². The van der Waals surface area contributed by atoms with E-state index in [9.17, 15) is 9.59 Å². The fourth-order valence-corrected chi connectivity index (χ4v) is 2.88. The molecule has 0 bridgehead atoms. The third kappa shape index (κ3) is 3.85. The second kappa shape index (κ2) is 6.92. The van der Waals surface area contributed by atoms with Crippen molar-refractivity contribution in [2.24, 2.45) is 0 Å². The van der Waals surface area contributed by atoms with Crippen molar-refractivity contribution in [2.75, 3.05) is 13.1 Å². The van der Waals surface area contributed by atoms with Crippen LogP contribution in [0.3, 0.4) is 0 Å². The molecule has 22 heavy (non-hydrogen) atoms. The van der Waals surface area contributed by atoms with Crippen molar-refractivity contribution in [3.05, 3.63) is 34.9 Å². The molecule has 5 nitrogen and oxygen atoms in total. The third-order valence-corrected chi connectivity index (χ3v) is 4.40. The van der Waals surface area contributed by atoms with Crippen molar-refractivity contribution >= 4 is 11.9 Å². The first-order valence-corrected chi connectivity index (χ1v) is 7.72. The molecule has 1 heterocycles. The lowest BCUT2D eigenvalue weighted by Gasteiger charge is -2.22. The highest BCUT2D eigenvalue weighted by Gasteiger charge is 2.31. The van der Waals surface area contributed by atoms with Crippen LogP contribution in [0.2, 0.25) is 0 Å². The van der Waals surface area contributed by atoms with Crippen LogP contribution in [0.1, 0.15) is 42.5 Å². The van der Waals surface area contributed by atoms with E-state index in [4.69, 9.17) is 5.11 Å². The van der Waals surface area contributed by atoms with E-state index >= 15 is 0 Å². The predicted octanol–water partition coefficient (Wildman–Crippen LogP) is 2.03. The third-order valence-electron chi connectivity index (χ3n) is 4.40. The molecule has 1 aliphatic rings. The van der Waals surface area contributed by atoms with Crippen molar-refractivity contribution in [1.29, 1.82) is 0 Å². The van der Waals surface area contributed by atoms with Gasteiger partial charge < -0.3 is 10.4 Å². The molecule has 0 radical (unpaired) electrons. The normalized spacial score (nSPS) is 19.9. The number of carbonyl (C=O) groups is 2. The first kappa shape index (κ1) is 16.5. The van der Waals surface area contributed by atoms with Gasteiger partial charge in [-0.15, -0.1) is 0 Å². The highest BCUT2D eigenvalue weighted by molar-refractivity contribution is 5.80. The molecule has 2 N–H and O–H groups in total. The molecule has 1 aliphatic heterocycles. The molecule has 1 fully saturated rings. The van der Waals surface area contributed by atoms with E-state index in [0.717, 1.165) is 12.0 Å². The summed E-state index contributed by atoms with van der Waals surface area (Å²) in [5.41, 5.74) is 3.49. The summed E-state index contributed by atoms with van der Waals surface area (Å²) >= 11 is 0. The molecule has 120 valence electrons. The molecule has 1 aromatic carbocycles. The molecule has 2 atom stereocenters. The topological polar surface area (TPSA) is 69.6 Å². The number of benzene rings is 1. The van der Waals surface area contributed by atoms with E-state index in [0.29, 0.717) is 13.0 Å². The monoisotopic (exact) mass is 304 g/mol. The molecule has 1 amide bonds. The average molecular weight is 304 g/mol. The summed E-state index contributed by atoms with van der Waals surface area (Å²) in [6.45, 7) is 6.87. The number of likely N-dealkylation sites (tertiary alicyclic amines) is 1. The summed E-state index contributed by atoms with van der Waals surface area (Å²) in [5, 5.41) is 12.1. The van der Waals surface area contributed by atoms with Crippen LogP contribution in [-0.4, -0.2) is 41.0 Å². The highest BCUT2D eigenvalue weighted by Crippen LogP contribution is 2.18. The zero-order valence-corrected chi connectivity index (χ0v) is 13.4. The fourth-order valence-electron chi connectivity index (χ4n) is 2.88. The van der Waals surface area contributed by atoms with Gasteiger partial charge in [0, 0.05) is 0 Å². The summed E-state index contributed by atoms with van der Waals surface area (Å²) in [4.78, 5) is 25.0. The maximum atomic E-state index is 12.2. The largest absolute Gasteiger partial charge is 0.480 e. The van der Waals surface area contributed by atoms with Crippen LogP contribution < -0.4 is 5.32 Å². The maximum Gasteiger partial charge on any atom is 0.320 e. The molecule has 0 saturated carbocycles. The van der Waals surface area contributed by atoms with E-state index in [1.165, 1.54) is 11.1 Å². The number of carboxylic acids is 1. The summed E-state index contributed by atoms with van der Waals surface area (Å²) < 4.78 is 0. The SMILES string of the molecule is Cc1ccc([C@H](C)NC(=O)CN2CCC[C@H]2C(=O)O)cc1C. The van der Waals surface area contributed by atoms with Crippen LogP contribution in [0.5, 0.6) is 0 Å². The van der Waals surface area contributed by atoms with Crippen molar-refractivity contribution in [3.8, 4) is 0 Å². The highest BCUT2D eigenvalue weighted by atomic mass is 16.4. The van der Waals surface area contributed by atoms with E-state index in [-0.39, 0.29) is 18.5 Å². The van der Waals surface area contributed by atoms with Crippen LogP contribution >= 0.6 is 0 Å². The van der Waals surface area contributed by atoms with Gasteiger partial charge in [-0.1, -0.05) is 18.2 Å². The molecule has 0 aromatic heterocycles. The van der Waals surface area contributed by atoms with Gasteiger partial charge in [-0.3, -0.25) is 14.5 Å². The van der Waals surface area contributed by atoms with Crippen LogP contribution in [0.4, 0.5) is 0 Å². The Morgan fingerprint density at radius 1 is 1.36 bits per heavy atom. The van der Waals surface area contributed by atoms with Gasteiger partial charge in [0.2, 0.25) is 5.91 Å². The maximum absolute atomic E-state index is 12.2. The van der Waals surface area contributed by atoms with Gasteiger partial charge in [0.05, 0.1) is 12.6 Å². The zero-order valence-electron chi connectivity index (χ0n) is 13.4. The summed E-state index contributed by atoms with van der Waals surface area (Å²) in [6, 6.07) is 5.54. The van der Waals surface area contributed by atoms with Crippen LogP contribution in [0, 0.1) is 13.8 Å². The Kier molecular flexibility index (Phi) is 5.19. The Labute approximate surface area is 131 Å². The standard InChI is InChI=1S/C17H24N2O3/c1-11-6-7-14(9-12(11)2)13(3)18-16(20)10-19-8-4-5-15(19)17(21)22/h6-7,9,13,15H,4-5,8,10H2,1-3H3,(H,18,20)(H,21,22)/t13-,15-/m0/s1. The van der Waals surface area contributed by atoms with Crippen molar-refractivity contribution < 1.29 is 14.7 Å². The minimum Gasteiger partial charge on any atom is -0.480 e. The summed E-state index contributed by atoms with van der Waals surface area (Å²) in [6.07, 6.45) is 1.45. The van der Waals surface area contributed by atoms with Gasteiger partial charge in [-0.05, 0) is 56.8 Å². The molecule has 0 spiro atoms. The Morgan fingerprint density at radius 3 is 2.73 bits per heavy atom. The lowest BCUT2D eigenvalue weighted by molar-refractivity contribution is -0.142. The number of amides is 1. The Morgan fingerprint density at radius 2 is 2.09 bits per heavy atom. The zero-order chi connectivity index (χ0) is 16.3. The molecular formula is C17H24N2O3. The second-order valence-corrected chi connectivity index (χ2v) is 6.10. The van der Waals surface area contributed by atoms with Gasteiger partial charge in [-0.2, -0.15) is 0 Å². The number of hydrogen-bond donors (Lipinski definition) is 2. The number of nitrogens with zero attached hydrogens (tertiary/aromatic N) is 1. The first-order chi connectivity index (χ1) is 10.4. The number of carbonyl (C=O) groups excluding carboxylic acids is 1. The number of aryl methyl sites for hydroxylation is 2. The molecule has 2 rings (SSSR count). The summed E-state index contributed by atoms with van der Waals surface area (Å²) in [5.74, 6) is -0.966. The van der Waals surface area contributed by atoms with Gasteiger partial charge in [0.1, 0.15) is 6.04 Å². The Balaban J connectivity index is 1.93. The number of nitrogens with one attached hydrogen (secondary N) is 1. The summed E-state index contributed by atoms with van der Waals surface area (Å²) in [7, 11) is 0. The van der Waals surface area contributed by atoms with Crippen LogP contribution in [0.15, 0.2) is 18.2 Å². The van der Waals surface area contributed by atoms with Crippen LogP contribution in [0.25, 0.3) is 0 Å². The average Bonchev–Trinajstić information content (AvgIpc) is 2.89. The lowest BCUT2D eigenvalue weighted by Crippen LogP contribution is -2.43. The number of hydrogen-bond acceptors (Lipinski definition) is 3. The van der Waals surface area contributed by atoms with Gasteiger partial charge in [-0.25, -0.2) is 0 Å². The van der Waals surface area contributed by atoms with Gasteiger partial charge in [0.25, 0.3) is 0 Å². The molecule has 1 aromatic rings. The quantitative estimate of drug-likeness (QED) is 0.873. The van der Waals surface area contributed by atoms with E-state index in [1.54, 1.807) is 4.90 Å². The lowest BCUT2D eigenvalue weighted by atomic mass is 10.0. The predicted molar refractivity (Wildman–Crippen MR) is 84.7 cm³/mol. The first-order valence-electron chi connectivity index (χ1n) is 7.72. The van der Waals surface area contributed by atoms with E-state index in [2.05, 4.69) is 25.2 Å². The van der Waals surface area contributed by atoms with E-state index in [1.807, 2.05) is 19.1 Å².